The number of benzene rings is 1. The van der Waals surface area contributed by atoms with Gasteiger partial charge in [-0.05, 0) is 30.2 Å². The maximum Gasteiger partial charge on any atom is 0.220 e. The molecule has 144 valence electrons. The molecule has 0 bridgehead atoms. The number of aromatic nitrogens is 4. The van der Waals surface area contributed by atoms with E-state index in [1.807, 2.05) is 44.6 Å². The van der Waals surface area contributed by atoms with Gasteiger partial charge >= 0.3 is 0 Å². The number of hydrogen-bond acceptors (Lipinski definition) is 4. The van der Waals surface area contributed by atoms with Crippen molar-refractivity contribution in [3.8, 4) is 11.3 Å². The molecule has 0 spiro atoms. The first-order valence-corrected chi connectivity index (χ1v) is 9.43. The lowest BCUT2D eigenvalue weighted by Gasteiger charge is -2.14. The molecule has 7 heteroatoms. The first-order valence-electron chi connectivity index (χ1n) is 9.43. The van der Waals surface area contributed by atoms with Crippen LogP contribution in [0, 0.1) is 0 Å². The fraction of sp³-hybridized carbons (Fsp3) is 0.286. The van der Waals surface area contributed by atoms with Gasteiger partial charge in [-0.2, -0.15) is 0 Å². The molecular formula is C21H24N6O. The highest BCUT2D eigenvalue weighted by Gasteiger charge is 2.16. The van der Waals surface area contributed by atoms with Crippen LogP contribution in [0.15, 0.2) is 36.7 Å². The zero-order valence-electron chi connectivity index (χ0n) is 16.5. The quantitative estimate of drug-likeness (QED) is 0.495. The summed E-state index contributed by atoms with van der Waals surface area (Å²) in [5, 5.41) is 7.17. The topological polar surface area (TPSA) is 87.6 Å². The Morgan fingerprint density at radius 1 is 1.32 bits per heavy atom. The first kappa shape index (κ1) is 18.0. The van der Waals surface area contributed by atoms with Crippen LogP contribution in [-0.2, 0) is 11.8 Å². The molecule has 1 unspecified atom stereocenters. The number of rotatable bonds is 5. The Balaban J connectivity index is 1.80. The Morgan fingerprint density at radius 2 is 2.14 bits per heavy atom. The van der Waals surface area contributed by atoms with E-state index in [2.05, 4.69) is 43.8 Å². The van der Waals surface area contributed by atoms with Crippen LogP contribution in [0.25, 0.3) is 33.3 Å². The summed E-state index contributed by atoms with van der Waals surface area (Å²) in [5.74, 6) is 0.798. The van der Waals surface area contributed by atoms with E-state index in [0.717, 1.165) is 44.7 Å². The number of amides is 1. The molecule has 4 aromatic rings. The summed E-state index contributed by atoms with van der Waals surface area (Å²) in [5.41, 5.74) is 5.80. The van der Waals surface area contributed by atoms with Gasteiger partial charge in [-0.3, -0.25) is 4.79 Å². The van der Waals surface area contributed by atoms with Gasteiger partial charge in [0.2, 0.25) is 5.91 Å². The van der Waals surface area contributed by atoms with Gasteiger partial charge < -0.3 is 20.2 Å². The third kappa shape index (κ3) is 2.98. The van der Waals surface area contributed by atoms with Gasteiger partial charge in [0.25, 0.3) is 0 Å². The van der Waals surface area contributed by atoms with E-state index in [0.29, 0.717) is 6.42 Å². The van der Waals surface area contributed by atoms with Crippen molar-refractivity contribution in [1.82, 2.24) is 24.8 Å². The van der Waals surface area contributed by atoms with Crippen molar-refractivity contribution in [3.63, 3.8) is 0 Å². The molecule has 1 amide bonds. The van der Waals surface area contributed by atoms with Gasteiger partial charge in [0.15, 0.2) is 5.82 Å². The highest BCUT2D eigenvalue weighted by atomic mass is 16.1. The van der Waals surface area contributed by atoms with Gasteiger partial charge in [0.1, 0.15) is 11.2 Å². The largest absolute Gasteiger partial charge is 0.371 e. The number of H-pyrrole nitrogens is 1. The monoisotopic (exact) mass is 376 g/mol. The van der Waals surface area contributed by atoms with Crippen molar-refractivity contribution in [3.05, 3.63) is 42.2 Å². The van der Waals surface area contributed by atoms with Crippen molar-refractivity contribution in [2.24, 2.45) is 7.05 Å². The second kappa shape index (κ2) is 6.99. The van der Waals surface area contributed by atoms with E-state index in [4.69, 9.17) is 0 Å². The Hall–Kier alpha value is -3.35. The molecule has 0 saturated carbocycles. The summed E-state index contributed by atoms with van der Waals surface area (Å²) in [6, 6.07) is 10.3. The first-order chi connectivity index (χ1) is 13.5. The molecule has 1 atom stereocenters. The van der Waals surface area contributed by atoms with E-state index in [9.17, 15) is 4.79 Å². The van der Waals surface area contributed by atoms with Crippen LogP contribution in [0.5, 0.6) is 0 Å². The van der Waals surface area contributed by atoms with Gasteiger partial charge in [-0.25, -0.2) is 9.97 Å². The van der Waals surface area contributed by atoms with Crippen LogP contribution in [0.2, 0.25) is 0 Å². The van der Waals surface area contributed by atoms with Gasteiger partial charge in [-0.1, -0.05) is 25.1 Å². The van der Waals surface area contributed by atoms with Crippen molar-refractivity contribution in [2.45, 2.75) is 26.3 Å². The molecule has 3 heterocycles. The Bertz CT molecular complexity index is 1170. The van der Waals surface area contributed by atoms with E-state index in [1.54, 1.807) is 6.33 Å². The minimum atomic E-state index is -0.0467. The lowest BCUT2D eigenvalue weighted by atomic mass is 10.0. The van der Waals surface area contributed by atoms with Crippen LogP contribution in [-0.4, -0.2) is 32.5 Å². The highest BCUT2D eigenvalue weighted by Crippen LogP contribution is 2.32. The Morgan fingerprint density at radius 3 is 2.89 bits per heavy atom. The summed E-state index contributed by atoms with van der Waals surface area (Å²) in [6.07, 6.45) is 2.28. The molecule has 1 aromatic carbocycles. The molecule has 3 aromatic heterocycles. The minimum Gasteiger partial charge on any atom is -0.371 e. The summed E-state index contributed by atoms with van der Waals surface area (Å²) < 4.78 is 2.01. The average Bonchev–Trinajstić information content (AvgIpc) is 3.30. The fourth-order valence-corrected chi connectivity index (χ4v) is 3.53. The second-order valence-corrected chi connectivity index (χ2v) is 6.98. The van der Waals surface area contributed by atoms with Gasteiger partial charge in [0.05, 0.1) is 17.9 Å². The maximum absolute atomic E-state index is 11.7. The summed E-state index contributed by atoms with van der Waals surface area (Å²) in [4.78, 5) is 24.3. The average molecular weight is 376 g/mol. The minimum absolute atomic E-state index is 0.0467. The molecule has 0 fully saturated rings. The number of carbonyl (C=O) groups excluding carboxylic acids is 1. The zero-order chi connectivity index (χ0) is 19.8. The third-order valence-electron chi connectivity index (χ3n) is 5.07. The number of imidazole rings is 1. The lowest BCUT2D eigenvalue weighted by molar-refractivity contribution is -0.121. The molecule has 0 aliphatic rings. The number of aromatic amines is 1. The summed E-state index contributed by atoms with van der Waals surface area (Å²) in [6.45, 7) is 3.85. The smallest absolute Gasteiger partial charge is 0.220 e. The Labute approximate surface area is 163 Å². The molecule has 4 rings (SSSR count). The van der Waals surface area contributed by atoms with E-state index in [-0.39, 0.29) is 11.9 Å². The number of aryl methyl sites for hydroxylation is 1. The van der Waals surface area contributed by atoms with Crippen LogP contribution < -0.4 is 10.6 Å². The van der Waals surface area contributed by atoms with Crippen molar-refractivity contribution < 1.29 is 4.79 Å². The standard InChI is InChI=1S/C21H24N6O/c1-5-17(28)24-12(2)13-7-6-8-14(9-13)16-10-15-19-18(23-11-27(19)4)21(22-3)26-20(15)25-16/h6-12H,5H2,1-4H3,(H,24,28)(H2,22,25,26). The van der Waals surface area contributed by atoms with Crippen LogP contribution in [0.3, 0.4) is 0 Å². The normalized spacial score (nSPS) is 12.4. The SMILES string of the molecule is CCC(=O)NC(C)c1cccc(-c2cc3c(nc(NC)c4ncn(C)c43)[nH]2)c1. The number of carbonyl (C=O) groups is 1. The second-order valence-electron chi connectivity index (χ2n) is 6.98. The number of nitrogens with one attached hydrogen (secondary N) is 3. The van der Waals surface area contributed by atoms with Crippen LogP contribution in [0.1, 0.15) is 31.9 Å². The molecule has 0 saturated heterocycles. The molecular weight excluding hydrogens is 352 g/mol. The van der Waals surface area contributed by atoms with Gasteiger partial charge in [-0.15, -0.1) is 0 Å². The molecule has 3 N–H and O–H groups in total. The Kier molecular flexibility index (Phi) is 4.50. The van der Waals surface area contributed by atoms with Crippen LogP contribution in [0.4, 0.5) is 5.82 Å². The highest BCUT2D eigenvalue weighted by molar-refractivity contribution is 6.07. The third-order valence-corrected chi connectivity index (χ3v) is 5.07. The predicted molar refractivity (Wildman–Crippen MR) is 112 cm³/mol. The van der Waals surface area contributed by atoms with Crippen molar-refractivity contribution in [2.75, 3.05) is 12.4 Å². The summed E-state index contributed by atoms with van der Waals surface area (Å²) in [7, 11) is 3.83. The maximum atomic E-state index is 11.7. The lowest BCUT2D eigenvalue weighted by Crippen LogP contribution is -2.25. The van der Waals surface area contributed by atoms with Crippen molar-refractivity contribution >= 4 is 33.8 Å². The number of hydrogen-bond donors (Lipinski definition) is 3. The summed E-state index contributed by atoms with van der Waals surface area (Å²) >= 11 is 0. The zero-order valence-corrected chi connectivity index (χ0v) is 16.5. The molecule has 7 nitrogen and oxygen atoms in total. The predicted octanol–water partition coefficient (Wildman–Crippen LogP) is 3.75. The fourth-order valence-electron chi connectivity index (χ4n) is 3.53. The molecule has 0 aliphatic heterocycles. The van der Waals surface area contributed by atoms with Crippen LogP contribution >= 0.6 is 0 Å². The van der Waals surface area contributed by atoms with E-state index in [1.165, 1.54) is 0 Å². The number of anilines is 1. The van der Waals surface area contributed by atoms with E-state index >= 15 is 0 Å². The molecule has 0 radical (unpaired) electrons. The number of fused-ring (bicyclic) bond motifs is 3. The van der Waals surface area contributed by atoms with E-state index < -0.39 is 0 Å². The van der Waals surface area contributed by atoms with Crippen molar-refractivity contribution in [1.29, 1.82) is 0 Å². The number of nitrogens with zero attached hydrogens (tertiary/aromatic N) is 3. The van der Waals surface area contributed by atoms with Gasteiger partial charge in [0, 0.05) is 31.6 Å². The number of pyridine rings is 1. The molecule has 28 heavy (non-hydrogen) atoms. The molecule has 0 aliphatic carbocycles.